The average Bonchev–Trinajstić information content (AvgIpc) is 2.57. The number of likely N-dealkylation sites (N-methyl/N-ethyl adjacent to an activating group) is 1. The molecule has 2 rings (SSSR count). The molecule has 0 aliphatic rings. The lowest BCUT2D eigenvalue weighted by Gasteiger charge is -2.17. The smallest absolute Gasteiger partial charge is 0.270 e. The van der Waals surface area contributed by atoms with Gasteiger partial charge in [-0.1, -0.05) is 23.8 Å². The fourth-order valence-corrected chi connectivity index (χ4v) is 3.54. The molecule has 1 N–H and O–H groups in total. The molecule has 0 atom stereocenters. The standard InChI is InChI=1S/C17H19N3O5S/c1-12-7-8-16(13(2)9-12)18-17(21)11-19(3)26(24,25)15-6-4-5-14(10-15)20(22)23/h4-10H,11H2,1-3H3,(H,18,21). The minimum Gasteiger partial charge on any atom is -0.325 e. The number of non-ortho nitro benzene ring substituents is 1. The van der Waals surface area contributed by atoms with Gasteiger partial charge in [0.1, 0.15) is 0 Å². The lowest BCUT2D eigenvalue weighted by atomic mass is 10.1. The highest BCUT2D eigenvalue weighted by Gasteiger charge is 2.24. The second-order valence-electron chi connectivity index (χ2n) is 5.88. The van der Waals surface area contributed by atoms with E-state index in [1.807, 2.05) is 26.0 Å². The van der Waals surface area contributed by atoms with Crippen LogP contribution in [0, 0.1) is 24.0 Å². The summed E-state index contributed by atoms with van der Waals surface area (Å²) in [6.07, 6.45) is 0. The topological polar surface area (TPSA) is 110 Å². The maximum absolute atomic E-state index is 12.5. The number of nitrogens with one attached hydrogen (secondary N) is 1. The second kappa shape index (κ2) is 7.63. The minimum absolute atomic E-state index is 0.242. The van der Waals surface area contributed by atoms with Crippen molar-refractivity contribution < 1.29 is 18.1 Å². The predicted molar refractivity (Wildman–Crippen MR) is 97.5 cm³/mol. The van der Waals surface area contributed by atoms with Gasteiger partial charge in [0.2, 0.25) is 15.9 Å². The Hall–Kier alpha value is -2.78. The molecule has 9 heteroatoms. The van der Waals surface area contributed by atoms with E-state index in [1.54, 1.807) is 6.07 Å². The molecule has 8 nitrogen and oxygen atoms in total. The van der Waals surface area contributed by atoms with E-state index in [-0.39, 0.29) is 10.6 Å². The Morgan fingerprint density at radius 1 is 1.19 bits per heavy atom. The van der Waals surface area contributed by atoms with Gasteiger partial charge in [-0.15, -0.1) is 0 Å². The van der Waals surface area contributed by atoms with Crippen molar-refractivity contribution in [1.29, 1.82) is 0 Å². The van der Waals surface area contributed by atoms with Gasteiger partial charge in [0.15, 0.2) is 0 Å². The summed E-state index contributed by atoms with van der Waals surface area (Å²) in [7, 11) is -2.79. The summed E-state index contributed by atoms with van der Waals surface area (Å²) in [5, 5.41) is 13.5. The van der Waals surface area contributed by atoms with Crippen LogP contribution in [-0.4, -0.2) is 37.1 Å². The van der Waals surface area contributed by atoms with Crippen LogP contribution in [0.2, 0.25) is 0 Å². The molecule has 0 spiro atoms. The molecule has 0 saturated carbocycles. The van der Waals surface area contributed by atoms with Gasteiger partial charge in [-0.2, -0.15) is 4.31 Å². The number of aryl methyl sites for hydroxylation is 2. The number of amides is 1. The summed E-state index contributed by atoms with van der Waals surface area (Å²) in [6.45, 7) is 3.35. The minimum atomic E-state index is -4.03. The van der Waals surface area contributed by atoms with E-state index in [9.17, 15) is 23.3 Å². The zero-order valence-corrected chi connectivity index (χ0v) is 15.4. The Morgan fingerprint density at radius 2 is 1.88 bits per heavy atom. The molecule has 1 amide bonds. The number of benzene rings is 2. The summed E-state index contributed by atoms with van der Waals surface area (Å²) in [4.78, 5) is 22.1. The third kappa shape index (κ3) is 4.44. The number of carbonyl (C=O) groups is 1. The van der Waals surface area contributed by atoms with Crippen molar-refractivity contribution in [2.24, 2.45) is 0 Å². The number of carbonyl (C=O) groups excluding carboxylic acids is 1. The lowest BCUT2D eigenvalue weighted by Crippen LogP contribution is -2.35. The third-order valence-corrected chi connectivity index (χ3v) is 5.56. The van der Waals surface area contributed by atoms with Crippen molar-refractivity contribution in [3.8, 4) is 0 Å². The predicted octanol–water partition coefficient (Wildman–Crippen LogP) is 2.47. The quantitative estimate of drug-likeness (QED) is 0.614. The van der Waals surface area contributed by atoms with Gasteiger partial charge in [0.05, 0.1) is 16.4 Å². The molecule has 0 bridgehead atoms. The van der Waals surface area contributed by atoms with Crippen molar-refractivity contribution in [3.05, 3.63) is 63.7 Å². The van der Waals surface area contributed by atoms with E-state index < -0.39 is 27.4 Å². The normalized spacial score (nSPS) is 11.4. The first-order valence-electron chi connectivity index (χ1n) is 7.69. The molecule has 0 radical (unpaired) electrons. The van der Waals surface area contributed by atoms with Crippen molar-refractivity contribution in [3.63, 3.8) is 0 Å². The van der Waals surface area contributed by atoms with E-state index in [1.165, 1.54) is 25.2 Å². The molecule has 138 valence electrons. The molecule has 2 aromatic rings. The Bertz CT molecular complexity index is 957. The molecule has 0 fully saturated rings. The highest BCUT2D eigenvalue weighted by Crippen LogP contribution is 2.20. The van der Waals surface area contributed by atoms with E-state index in [0.717, 1.165) is 21.5 Å². The van der Waals surface area contributed by atoms with Crippen LogP contribution in [0.4, 0.5) is 11.4 Å². The van der Waals surface area contributed by atoms with Gasteiger partial charge in [-0.3, -0.25) is 14.9 Å². The van der Waals surface area contributed by atoms with Crippen LogP contribution in [0.15, 0.2) is 47.4 Å². The van der Waals surface area contributed by atoms with E-state index >= 15 is 0 Å². The second-order valence-corrected chi connectivity index (χ2v) is 7.93. The van der Waals surface area contributed by atoms with E-state index in [2.05, 4.69) is 5.32 Å². The Kier molecular flexibility index (Phi) is 5.73. The van der Waals surface area contributed by atoms with Gasteiger partial charge in [-0.25, -0.2) is 8.42 Å². The molecule has 0 aromatic heterocycles. The van der Waals surface area contributed by atoms with Gasteiger partial charge < -0.3 is 5.32 Å². The third-order valence-electron chi connectivity index (χ3n) is 3.76. The molecule has 0 aliphatic carbocycles. The van der Waals surface area contributed by atoms with Crippen LogP contribution in [0.5, 0.6) is 0 Å². The molecule has 0 aliphatic heterocycles. The van der Waals surface area contributed by atoms with Crippen molar-refractivity contribution in [1.82, 2.24) is 4.31 Å². The number of nitro groups is 1. The summed E-state index contributed by atoms with van der Waals surface area (Å²) >= 11 is 0. The van der Waals surface area contributed by atoms with E-state index in [0.29, 0.717) is 5.69 Å². The summed E-state index contributed by atoms with van der Waals surface area (Å²) in [5.41, 5.74) is 2.18. The van der Waals surface area contributed by atoms with Crippen molar-refractivity contribution >= 4 is 27.3 Å². The Labute approximate surface area is 151 Å². The van der Waals surface area contributed by atoms with Crippen LogP contribution in [-0.2, 0) is 14.8 Å². The number of hydrogen-bond donors (Lipinski definition) is 1. The molecule has 26 heavy (non-hydrogen) atoms. The molecular weight excluding hydrogens is 358 g/mol. The Morgan fingerprint density at radius 3 is 2.50 bits per heavy atom. The summed E-state index contributed by atoms with van der Waals surface area (Å²) < 4.78 is 25.9. The van der Waals surface area contributed by atoms with Gasteiger partial charge in [0, 0.05) is 24.9 Å². The molecular formula is C17H19N3O5S. The van der Waals surface area contributed by atoms with Crippen molar-refractivity contribution in [2.75, 3.05) is 18.9 Å². The van der Waals surface area contributed by atoms with Crippen LogP contribution < -0.4 is 5.32 Å². The fraction of sp³-hybridized carbons (Fsp3) is 0.235. The largest absolute Gasteiger partial charge is 0.325 e. The number of nitrogens with zero attached hydrogens (tertiary/aromatic N) is 2. The number of hydrogen-bond acceptors (Lipinski definition) is 5. The highest BCUT2D eigenvalue weighted by molar-refractivity contribution is 7.89. The number of sulfonamides is 1. The molecule has 0 saturated heterocycles. The summed E-state index contributed by atoms with van der Waals surface area (Å²) in [6, 6.07) is 10.2. The zero-order valence-electron chi connectivity index (χ0n) is 14.6. The van der Waals surface area contributed by atoms with Crippen LogP contribution in [0.1, 0.15) is 11.1 Å². The van der Waals surface area contributed by atoms with Crippen LogP contribution in [0.25, 0.3) is 0 Å². The first-order chi connectivity index (χ1) is 12.1. The summed E-state index contributed by atoms with van der Waals surface area (Å²) in [5.74, 6) is -0.506. The number of rotatable bonds is 6. The SMILES string of the molecule is Cc1ccc(NC(=O)CN(C)S(=O)(=O)c2cccc([N+](=O)[O-])c2)c(C)c1. The number of nitro benzene ring substituents is 1. The van der Waals surface area contributed by atoms with E-state index in [4.69, 9.17) is 0 Å². The molecule has 0 heterocycles. The fourth-order valence-electron chi connectivity index (χ4n) is 2.37. The van der Waals surface area contributed by atoms with Gasteiger partial charge in [0.25, 0.3) is 5.69 Å². The van der Waals surface area contributed by atoms with Gasteiger partial charge in [-0.05, 0) is 31.5 Å². The monoisotopic (exact) mass is 377 g/mol. The first-order valence-corrected chi connectivity index (χ1v) is 9.13. The zero-order chi connectivity index (χ0) is 19.5. The molecule has 0 unspecified atom stereocenters. The highest BCUT2D eigenvalue weighted by atomic mass is 32.2. The number of anilines is 1. The van der Waals surface area contributed by atoms with Crippen LogP contribution >= 0.6 is 0 Å². The lowest BCUT2D eigenvalue weighted by molar-refractivity contribution is -0.385. The maximum Gasteiger partial charge on any atom is 0.270 e. The maximum atomic E-state index is 12.5. The van der Waals surface area contributed by atoms with Crippen molar-refractivity contribution in [2.45, 2.75) is 18.7 Å². The first kappa shape index (κ1) is 19.5. The van der Waals surface area contributed by atoms with Crippen LogP contribution in [0.3, 0.4) is 0 Å². The van der Waals surface area contributed by atoms with Gasteiger partial charge >= 0.3 is 0 Å². The average molecular weight is 377 g/mol. The Balaban J connectivity index is 2.14. The molecule has 2 aromatic carbocycles.